The van der Waals surface area contributed by atoms with Crippen LogP contribution in [0.1, 0.15) is 5.56 Å². The van der Waals surface area contributed by atoms with Crippen LogP contribution in [0.4, 0.5) is 39.5 Å². The summed E-state index contributed by atoms with van der Waals surface area (Å²) in [6.07, 6.45) is -3.00. The number of urea groups is 1. The molecular weight excluding hydrogens is 542 g/mol. The monoisotopic (exact) mass is 561 g/mol. The fourth-order valence-corrected chi connectivity index (χ4v) is 4.12. The number of benzene rings is 3. The fourth-order valence-electron chi connectivity index (χ4n) is 3.89. The van der Waals surface area contributed by atoms with E-state index in [0.29, 0.717) is 49.2 Å². The third-order valence-electron chi connectivity index (χ3n) is 5.79. The van der Waals surface area contributed by atoms with Crippen LogP contribution in [0.3, 0.4) is 0 Å². The van der Waals surface area contributed by atoms with Gasteiger partial charge in [-0.25, -0.2) is 14.2 Å². The van der Waals surface area contributed by atoms with E-state index >= 15 is 0 Å². The first kappa shape index (κ1) is 26.4. The van der Waals surface area contributed by atoms with E-state index in [-0.39, 0.29) is 17.1 Å². The quantitative estimate of drug-likeness (QED) is 0.263. The molecule has 0 bridgehead atoms. The van der Waals surface area contributed by atoms with Gasteiger partial charge in [-0.15, -0.1) is 0 Å². The number of hydrogen-bond acceptors (Lipinski definition) is 6. The van der Waals surface area contributed by atoms with Crippen LogP contribution in [-0.2, 0) is 10.9 Å². The predicted octanol–water partition coefficient (Wildman–Crippen LogP) is 6.71. The molecule has 1 aromatic heterocycles. The Hall–Kier alpha value is -4.16. The maximum absolute atomic E-state index is 14.7. The number of alkyl halides is 3. The highest BCUT2D eigenvalue weighted by molar-refractivity contribution is 6.31. The molecule has 0 radical (unpaired) electrons. The second kappa shape index (κ2) is 10.9. The predicted molar refractivity (Wildman–Crippen MR) is 138 cm³/mol. The summed E-state index contributed by atoms with van der Waals surface area (Å²) in [5, 5.41) is 3.98. The SMILES string of the molecule is O=C(Nc1ccc(Cl)c(C(F)(F)F)c1)Nc1ccc(Oc2ccc3ncc(N4CCOCC4)nc3c2)cc1F. The van der Waals surface area contributed by atoms with Gasteiger partial charge in [-0.1, -0.05) is 11.6 Å². The number of halogens is 5. The van der Waals surface area contributed by atoms with Crippen LogP contribution >= 0.6 is 11.6 Å². The Bertz CT molecular complexity index is 1530. The van der Waals surface area contributed by atoms with E-state index in [9.17, 15) is 22.4 Å². The molecular formula is C26H20ClF4N5O3. The lowest BCUT2D eigenvalue weighted by Gasteiger charge is -2.27. The molecule has 0 atom stereocenters. The summed E-state index contributed by atoms with van der Waals surface area (Å²) in [5.41, 5.74) is -0.209. The van der Waals surface area contributed by atoms with Crippen molar-refractivity contribution in [2.24, 2.45) is 0 Å². The van der Waals surface area contributed by atoms with E-state index in [2.05, 4.69) is 25.5 Å². The van der Waals surface area contributed by atoms with Gasteiger partial charge < -0.3 is 25.0 Å². The van der Waals surface area contributed by atoms with Gasteiger partial charge in [0.15, 0.2) is 0 Å². The first-order valence-electron chi connectivity index (χ1n) is 11.7. The maximum atomic E-state index is 14.7. The molecule has 4 aromatic rings. The van der Waals surface area contributed by atoms with Gasteiger partial charge in [0.1, 0.15) is 23.1 Å². The van der Waals surface area contributed by atoms with Gasteiger partial charge in [-0.3, -0.25) is 4.98 Å². The van der Waals surface area contributed by atoms with E-state index in [4.69, 9.17) is 21.1 Å². The molecule has 5 rings (SSSR count). The first-order chi connectivity index (χ1) is 18.7. The highest BCUT2D eigenvalue weighted by Crippen LogP contribution is 2.36. The molecule has 1 fully saturated rings. The van der Waals surface area contributed by atoms with Gasteiger partial charge in [0.2, 0.25) is 0 Å². The molecule has 3 aromatic carbocycles. The summed E-state index contributed by atoms with van der Waals surface area (Å²) in [5.74, 6) is 0.459. The first-order valence-corrected chi connectivity index (χ1v) is 12.1. The zero-order valence-electron chi connectivity index (χ0n) is 20.1. The number of ether oxygens (including phenoxy) is 2. The Labute approximate surface area is 224 Å². The largest absolute Gasteiger partial charge is 0.457 e. The van der Waals surface area contributed by atoms with Crippen molar-refractivity contribution >= 4 is 45.9 Å². The summed E-state index contributed by atoms with van der Waals surface area (Å²) < 4.78 is 65.0. The number of fused-ring (bicyclic) bond motifs is 1. The van der Waals surface area contributed by atoms with E-state index in [1.165, 1.54) is 18.2 Å². The molecule has 1 aliphatic rings. The number of carbonyl (C=O) groups is 1. The van der Waals surface area contributed by atoms with Gasteiger partial charge in [0.05, 0.1) is 46.7 Å². The zero-order chi connectivity index (χ0) is 27.6. The molecule has 202 valence electrons. The Kier molecular flexibility index (Phi) is 7.40. The lowest BCUT2D eigenvalue weighted by molar-refractivity contribution is -0.137. The molecule has 0 spiro atoms. The summed E-state index contributed by atoms with van der Waals surface area (Å²) in [6, 6.07) is 10.8. The Morgan fingerprint density at radius 1 is 0.974 bits per heavy atom. The Morgan fingerprint density at radius 3 is 2.46 bits per heavy atom. The number of hydrogen-bond donors (Lipinski definition) is 2. The van der Waals surface area contributed by atoms with Crippen molar-refractivity contribution in [3.05, 3.63) is 77.2 Å². The van der Waals surface area contributed by atoms with E-state index in [0.717, 1.165) is 18.0 Å². The van der Waals surface area contributed by atoms with Crippen LogP contribution in [0.15, 0.2) is 60.8 Å². The fraction of sp³-hybridized carbons (Fsp3) is 0.192. The van der Waals surface area contributed by atoms with Crippen molar-refractivity contribution in [1.82, 2.24) is 9.97 Å². The second-order valence-corrected chi connectivity index (χ2v) is 8.90. The van der Waals surface area contributed by atoms with Crippen LogP contribution < -0.4 is 20.3 Å². The minimum atomic E-state index is -4.70. The van der Waals surface area contributed by atoms with E-state index in [1.807, 2.05) is 0 Å². The van der Waals surface area contributed by atoms with E-state index in [1.54, 1.807) is 24.4 Å². The number of morpholine rings is 1. The smallest absolute Gasteiger partial charge is 0.417 e. The molecule has 1 aliphatic heterocycles. The number of rotatable bonds is 5. The number of aromatic nitrogens is 2. The Balaban J connectivity index is 1.26. The molecule has 2 heterocycles. The van der Waals surface area contributed by atoms with Crippen LogP contribution in [-0.4, -0.2) is 42.3 Å². The molecule has 0 saturated carbocycles. The van der Waals surface area contributed by atoms with Crippen molar-refractivity contribution in [2.45, 2.75) is 6.18 Å². The van der Waals surface area contributed by atoms with Gasteiger partial charge >= 0.3 is 12.2 Å². The van der Waals surface area contributed by atoms with Crippen LogP contribution in [0.25, 0.3) is 11.0 Å². The van der Waals surface area contributed by atoms with Crippen molar-refractivity contribution in [3.63, 3.8) is 0 Å². The molecule has 0 aliphatic carbocycles. The van der Waals surface area contributed by atoms with Crippen molar-refractivity contribution < 1.29 is 31.8 Å². The molecule has 2 N–H and O–H groups in total. The minimum Gasteiger partial charge on any atom is -0.457 e. The highest BCUT2D eigenvalue weighted by Gasteiger charge is 2.33. The van der Waals surface area contributed by atoms with Crippen LogP contribution in [0, 0.1) is 5.82 Å². The number of nitrogens with zero attached hydrogens (tertiary/aromatic N) is 3. The molecule has 1 saturated heterocycles. The minimum absolute atomic E-state index is 0.155. The Morgan fingerprint density at radius 2 is 1.72 bits per heavy atom. The van der Waals surface area contributed by atoms with Crippen molar-refractivity contribution in [2.75, 3.05) is 41.8 Å². The summed E-state index contributed by atoms with van der Waals surface area (Å²) in [6.45, 7) is 2.65. The molecule has 8 nitrogen and oxygen atoms in total. The maximum Gasteiger partial charge on any atom is 0.417 e. The third-order valence-corrected chi connectivity index (χ3v) is 6.12. The van der Waals surface area contributed by atoms with Crippen molar-refractivity contribution in [3.8, 4) is 11.5 Å². The summed E-state index contributed by atoms with van der Waals surface area (Å²) >= 11 is 5.59. The van der Waals surface area contributed by atoms with Gasteiger partial charge in [0.25, 0.3) is 0 Å². The molecule has 0 unspecified atom stereocenters. The summed E-state index contributed by atoms with van der Waals surface area (Å²) in [4.78, 5) is 23.4. The van der Waals surface area contributed by atoms with Gasteiger partial charge in [-0.05, 0) is 42.5 Å². The normalized spacial score (nSPS) is 13.8. The number of anilines is 3. The van der Waals surface area contributed by atoms with Crippen molar-refractivity contribution in [1.29, 1.82) is 0 Å². The van der Waals surface area contributed by atoms with Gasteiger partial charge in [0, 0.05) is 30.9 Å². The average molecular weight is 562 g/mol. The molecule has 2 amide bonds. The lowest BCUT2D eigenvalue weighted by Crippen LogP contribution is -2.36. The molecule has 39 heavy (non-hydrogen) atoms. The average Bonchev–Trinajstić information content (AvgIpc) is 2.91. The third kappa shape index (κ3) is 6.29. The topological polar surface area (TPSA) is 88.6 Å². The molecule has 13 heteroatoms. The second-order valence-electron chi connectivity index (χ2n) is 8.49. The van der Waals surface area contributed by atoms with Gasteiger partial charge in [-0.2, -0.15) is 13.2 Å². The van der Waals surface area contributed by atoms with E-state index < -0.39 is 28.6 Å². The zero-order valence-corrected chi connectivity index (χ0v) is 20.8. The van der Waals surface area contributed by atoms with Crippen LogP contribution in [0.2, 0.25) is 5.02 Å². The summed E-state index contributed by atoms with van der Waals surface area (Å²) in [7, 11) is 0. The standard InChI is InChI=1S/C26H20ClF4N5O3/c27-19-4-1-15(11-18(19)26(29,30)31)33-25(37)35-21-5-2-16(12-20(21)28)39-17-3-6-22-23(13-17)34-24(14-32-22)36-7-9-38-10-8-36/h1-6,11-14H,7-10H2,(H2,33,35,37). The number of carbonyl (C=O) groups excluding carboxylic acids is 1. The lowest BCUT2D eigenvalue weighted by atomic mass is 10.2. The number of nitrogens with one attached hydrogen (secondary N) is 2. The highest BCUT2D eigenvalue weighted by atomic mass is 35.5. The van der Waals surface area contributed by atoms with Crippen LogP contribution in [0.5, 0.6) is 11.5 Å². The number of amides is 2.